The zero-order valence-corrected chi connectivity index (χ0v) is 14.2. The standard InChI is InChI=1S/C20H26FNO/c1-19(2)12-8-9-20(19,3)17(10-12)22-18(23)15-11-14(15)13-6-4-5-7-16(13)21/h4-7,12,14-15,17H,8-11H2,1-3H3,(H,22,23). The van der Waals surface area contributed by atoms with E-state index < -0.39 is 0 Å². The van der Waals surface area contributed by atoms with Crippen LogP contribution in [0.3, 0.4) is 0 Å². The molecule has 124 valence electrons. The number of amides is 1. The number of fused-ring (bicyclic) bond motifs is 2. The summed E-state index contributed by atoms with van der Waals surface area (Å²) in [6.45, 7) is 7.05. The number of rotatable bonds is 3. The van der Waals surface area contributed by atoms with Crippen LogP contribution in [-0.2, 0) is 4.79 Å². The van der Waals surface area contributed by atoms with Gasteiger partial charge in [0.1, 0.15) is 5.82 Å². The molecule has 0 saturated heterocycles. The highest BCUT2D eigenvalue weighted by atomic mass is 19.1. The fraction of sp³-hybridized carbons (Fsp3) is 0.650. The zero-order valence-electron chi connectivity index (χ0n) is 14.2. The van der Waals surface area contributed by atoms with Crippen molar-refractivity contribution in [2.24, 2.45) is 22.7 Å². The molecule has 3 fully saturated rings. The van der Waals surface area contributed by atoms with E-state index in [2.05, 4.69) is 26.1 Å². The van der Waals surface area contributed by atoms with Crippen LogP contribution in [0.4, 0.5) is 4.39 Å². The SMILES string of the molecule is CC1(C)C2CCC1(C)C(NC(=O)C1CC1c1ccccc1F)C2. The van der Waals surface area contributed by atoms with Crippen molar-refractivity contribution in [2.75, 3.05) is 0 Å². The predicted octanol–water partition coefficient (Wildman–Crippen LogP) is 4.26. The maximum absolute atomic E-state index is 13.9. The van der Waals surface area contributed by atoms with Gasteiger partial charge in [0.05, 0.1) is 0 Å². The summed E-state index contributed by atoms with van der Waals surface area (Å²) < 4.78 is 13.9. The summed E-state index contributed by atoms with van der Waals surface area (Å²) in [5.41, 5.74) is 1.21. The maximum atomic E-state index is 13.9. The van der Waals surface area contributed by atoms with Gasteiger partial charge in [0, 0.05) is 12.0 Å². The molecule has 0 aromatic heterocycles. The van der Waals surface area contributed by atoms with Gasteiger partial charge in [0.15, 0.2) is 0 Å². The van der Waals surface area contributed by atoms with Gasteiger partial charge in [-0.2, -0.15) is 0 Å². The predicted molar refractivity (Wildman–Crippen MR) is 88.4 cm³/mol. The van der Waals surface area contributed by atoms with Gasteiger partial charge in [0.2, 0.25) is 5.91 Å². The number of carbonyl (C=O) groups is 1. The van der Waals surface area contributed by atoms with E-state index in [4.69, 9.17) is 0 Å². The van der Waals surface area contributed by atoms with Crippen LogP contribution in [0.5, 0.6) is 0 Å². The number of hydrogen-bond acceptors (Lipinski definition) is 1. The molecule has 0 spiro atoms. The molecule has 2 bridgehead atoms. The Bertz CT molecular complexity index is 655. The third-order valence-corrected chi connectivity index (χ3v) is 7.54. The van der Waals surface area contributed by atoms with E-state index >= 15 is 0 Å². The molecule has 1 aromatic rings. The minimum absolute atomic E-state index is 0.0438. The second-order valence-corrected chi connectivity index (χ2v) is 8.64. The van der Waals surface area contributed by atoms with Crippen molar-refractivity contribution in [1.82, 2.24) is 5.32 Å². The van der Waals surface area contributed by atoms with Crippen molar-refractivity contribution in [1.29, 1.82) is 0 Å². The summed E-state index contributed by atoms with van der Waals surface area (Å²) in [5, 5.41) is 3.33. The van der Waals surface area contributed by atoms with Crippen LogP contribution in [0.1, 0.15) is 57.9 Å². The van der Waals surface area contributed by atoms with Crippen LogP contribution in [-0.4, -0.2) is 11.9 Å². The molecule has 3 heteroatoms. The Morgan fingerprint density at radius 1 is 1.22 bits per heavy atom. The van der Waals surface area contributed by atoms with E-state index in [9.17, 15) is 9.18 Å². The second kappa shape index (κ2) is 4.81. The molecule has 4 rings (SSSR count). The molecule has 1 N–H and O–H groups in total. The van der Waals surface area contributed by atoms with E-state index in [0.29, 0.717) is 11.0 Å². The van der Waals surface area contributed by atoms with Crippen LogP contribution in [0, 0.1) is 28.5 Å². The van der Waals surface area contributed by atoms with Crippen molar-refractivity contribution >= 4 is 5.91 Å². The molecular weight excluding hydrogens is 289 g/mol. The van der Waals surface area contributed by atoms with Crippen molar-refractivity contribution < 1.29 is 9.18 Å². The van der Waals surface area contributed by atoms with Gasteiger partial charge in [-0.05, 0) is 60.0 Å². The molecule has 23 heavy (non-hydrogen) atoms. The third-order valence-electron chi connectivity index (χ3n) is 7.54. The van der Waals surface area contributed by atoms with E-state index in [-0.39, 0.29) is 35.0 Å². The molecule has 5 atom stereocenters. The monoisotopic (exact) mass is 315 g/mol. The van der Waals surface area contributed by atoms with Gasteiger partial charge in [-0.25, -0.2) is 4.39 Å². The summed E-state index contributed by atoms with van der Waals surface area (Å²) in [7, 11) is 0. The van der Waals surface area contributed by atoms with Crippen molar-refractivity contribution in [3.63, 3.8) is 0 Å². The molecule has 0 aliphatic heterocycles. The largest absolute Gasteiger partial charge is 0.353 e. The van der Waals surface area contributed by atoms with Crippen molar-refractivity contribution in [2.45, 2.75) is 58.4 Å². The number of benzene rings is 1. The van der Waals surface area contributed by atoms with Gasteiger partial charge >= 0.3 is 0 Å². The lowest BCUT2D eigenvalue weighted by Crippen LogP contribution is -2.47. The summed E-state index contributed by atoms with van der Waals surface area (Å²) in [6, 6.07) is 7.14. The van der Waals surface area contributed by atoms with Gasteiger partial charge < -0.3 is 5.32 Å². The first-order valence-electron chi connectivity index (χ1n) is 8.89. The van der Waals surface area contributed by atoms with E-state index in [1.165, 1.54) is 18.9 Å². The first kappa shape index (κ1) is 15.2. The molecular formula is C20H26FNO. The average Bonchev–Trinajstić information content (AvgIpc) is 3.23. The highest BCUT2D eigenvalue weighted by molar-refractivity contribution is 5.83. The Kier molecular flexibility index (Phi) is 3.17. The van der Waals surface area contributed by atoms with Crippen LogP contribution in [0.2, 0.25) is 0 Å². The van der Waals surface area contributed by atoms with Gasteiger partial charge in [-0.15, -0.1) is 0 Å². The molecule has 3 aliphatic carbocycles. The molecule has 1 amide bonds. The lowest BCUT2D eigenvalue weighted by atomic mass is 9.69. The number of carbonyl (C=O) groups excluding carboxylic acids is 1. The second-order valence-electron chi connectivity index (χ2n) is 8.64. The lowest BCUT2D eigenvalue weighted by molar-refractivity contribution is -0.124. The van der Waals surface area contributed by atoms with Gasteiger partial charge in [-0.1, -0.05) is 39.0 Å². The van der Waals surface area contributed by atoms with E-state index in [1.807, 2.05) is 12.1 Å². The highest BCUT2D eigenvalue weighted by Crippen LogP contribution is 2.65. The Morgan fingerprint density at radius 2 is 1.96 bits per heavy atom. The Hall–Kier alpha value is -1.38. The maximum Gasteiger partial charge on any atom is 0.223 e. The average molecular weight is 315 g/mol. The van der Waals surface area contributed by atoms with Gasteiger partial charge in [0.25, 0.3) is 0 Å². The van der Waals surface area contributed by atoms with E-state index in [0.717, 1.165) is 18.8 Å². The van der Waals surface area contributed by atoms with Crippen LogP contribution >= 0.6 is 0 Å². The minimum atomic E-state index is -0.180. The molecule has 2 nitrogen and oxygen atoms in total. The van der Waals surface area contributed by atoms with E-state index in [1.54, 1.807) is 6.07 Å². The van der Waals surface area contributed by atoms with Crippen LogP contribution in [0.15, 0.2) is 24.3 Å². The number of hydrogen-bond donors (Lipinski definition) is 1. The quantitative estimate of drug-likeness (QED) is 0.887. The zero-order chi connectivity index (χ0) is 16.4. The molecule has 3 aliphatic rings. The number of nitrogens with one attached hydrogen (secondary N) is 1. The Labute approximate surface area is 137 Å². The molecule has 5 unspecified atom stereocenters. The number of halogens is 1. The lowest BCUT2D eigenvalue weighted by Gasteiger charge is -2.39. The first-order chi connectivity index (χ1) is 10.8. The minimum Gasteiger partial charge on any atom is -0.353 e. The summed E-state index contributed by atoms with van der Waals surface area (Å²) in [6.07, 6.45) is 4.38. The molecule has 1 aromatic carbocycles. The highest BCUT2D eigenvalue weighted by Gasteiger charge is 2.62. The fourth-order valence-corrected chi connectivity index (χ4v) is 5.31. The molecule has 0 radical (unpaired) electrons. The normalized spacial score (nSPS) is 40.2. The van der Waals surface area contributed by atoms with Crippen LogP contribution in [0.25, 0.3) is 0 Å². The smallest absolute Gasteiger partial charge is 0.223 e. The summed E-state index contributed by atoms with van der Waals surface area (Å²) in [4.78, 5) is 12.7. The molecule has 3 saturated carbocycles. The van der Waals surface area contributed by atoms with Gasteiger partial charge in [-0.3, -0.25) is 4.79 Å². The van der Waals surface area contributed by atoms with Crippen molar-refractivity contribution in [3.05, 3.63) is 35.6 Å². The Balaban J connectivity index is 1.44. The topological polar surface area (TPSA) is 29.1 Å². The summed E-state index contributed by atoms with van der Waals surface area (Å²) in [5.74, 6) is 0.696. The molecule has 0 heterocycles. The third kappa shape index (κ3) is 2.08. The first-order valence-corrected chi connectivity index (χ1v) is 8.89. The Morgan fingerprint density at radius 3 is 2.57 bits per heavy atom. The fourth-order valence-electron chi connectivity index (χ4n) is 5.31. The van der Waals surface area contributed by atoms with Crippen molar-refractivity contribution in [3.8, 4) is 0 Å². The summed E-state index contributed by atoms with van der Waals surface area (Å²) >= 11 is 0. The van der Waals surface area contributed by atoms with Crippen LogP contribution < -0.4 is 5.32 Å².